The lowest BCUT2D eigenvalue weighted by molar-refractivity contribution is -0.118. The maximum Gasteiger partial charge on any atom is 0.138 e. The van der Waals surface area contributed by atoms with Crippen LogP contribution in [-0.4, -0.2) is 11.8 Å². The molecule has 2 nitrogen and oxygen atoms in total. The summed E-state index contributed by atoms with van der Waals surface area (Å²) >= 11 is 6.03. The summed E-state index contributed by atoms with van der Waals surface area (Å²) in [4.78, 5) is 11.5. The fourth-order valence-corrected chi connectivity index (χ4v) is 1.74. The topological polar surface area (TPSA) is 43.1 Å². The lowest BCUT2D eigenvalue weighted by atomic mass is 10.0. The van der Waals surface area contributed by atoms with Gasteiger partial charge in [-0.1, -0.05) is 23.7 Å². The minimum atomic E-state index is -0.0817. The van der Waals surface area contributed by atoms with Crippen LogP contribution in [0.15, 0.2) is 18.2 Å². The second-order valence-corrected chi connectivity index (χ2v) is 4.40. The zero-order valence-corrected chi connectivity index (χ0v) is 9.84. The van der Waals surface area contributed by atoms with Crippen molar-refractivity contribution in [2.45, 2.75) is 32.7 Å². The summed E-state index contributed by atoms with van der Waals surface area (Å²) in [5.74, 6) is 0.135. The van der Waals surface area contributed by atoms with Crippen LogP contribution in [0.4, 0.5) is 0 Å². The van der Waals surface area contributed by atoms with E-state index >= 15 is 0 Å². The number of Topliss-reactive ketones (excluding diaryl/α,β-unsaturated/α-hetero) is 1. The quantitative estimate of drug-likeness (QED) is 0.856. The number of nitrogens with two attached hydrogens (primary N) is 1. The second kappa shape index (κ2) is 5.29. The van der Waals surface area contributed by atoms with Crippen LogP contribution in [0.25, 0.3) is 0 Å². The molecule has 0 saturated heterocycles. The Hall–Kier alpha value is -0.860. The van der Waals surface area contributed by atoms with Crippen LogP contribution >= 0.6 is 11.6 Å². The third-order valence-corrected chi connectivity index (χ3v) is 2.50. The van der Waals surface area contributed by atoms with E-state index in [1.54, 1.807) is 0 Å². The molecule has 1 rings (SSSR count). The number of carbonyl (C=O) groups is 1. The average Bonchev–Trinajstić information content (AvgIpc) is 2.08. The molecule has 1 aromatic rings. The van der Waals surface area contributed by atoms with Crippen LogP contribution in [0.2, 0.25) is 5.02 Å². The smallest absolute Gasteiger partial charge is 0.138 e. The Morgan fingerprint density at radius 2 is 2.20 bits per heavy atom. The largest absolute Gasteiger partial charge is 0.328 e. The van der Waals surface area contributed by atoms with Gasteiger partial charge in [0.1, 0.15) is 5.78 Å². The Bertz CT molecular complexity index is 361. The molecule has 0 amide bonds. The zero-order chi connectivity index (χ0) is 11.4. The maximum atomic E-state index is 11.5. The molecule has 3 heteroatoms. The van der Waals surface area contributed by atoms with Crippen molar-refractivity contribution in [3.63, 3.8) is 0 Å². The molecule has 0 bridgehead atoms. The number of ketones is 1. The van der Waals surface area contributed by atoms with E-state index in [4.69, 9.17) is 17.3 Å². The van der Waals surface area contributed by atoms with Gasteiger partial charge in [0.15, 0.2) is 0 Å². The highest BCUT2D eigenvalue weighted by Gasteiger charge is 2.09. The molecule has 0 fully saturated rings. The van der Waals surface area contributed by atoms with Gasteiger partial charge < -0.3 is 5.73 Å². The summed E-state index contributed by atoms with van der Waals surface area (Å²) in [6.45, 7) is 3.80. The molecule has 1 aromatic carbocycles. The van der Waals surface area contributed by atoms with Crippen molar-refractivity contribution < 1.29 is 4.79 Å². The molecule has 0 aromatic heterocycles. The van der Waals surface area contributed by atoms with Crippen LogP contribution in [0.1, 0.15) is 24.5 Å². The predicted octanol–water partition coefficient (Wildman–Crippen LogP) is 2.50. The van der Waals surface area contributed by atoms with E-state index in [9.17, 15) is 4.79 Å². The Morgan fingerprint density at radius 1 is 1.53 bits per heavy atom. The van der Waals surface area contributed by atoms with Crippen LogP contribution in [-0.2, 0) is 11.2 Å². The summed E-state index contributed by atoms with van der Waals surface area (Å²) in [7, 11) is 0. The molecule has 0 radical (unpaired) electrons. The Labute approximate surface area is 95.4 Å². The summed E-state index contributed by atoms with van der Waals surface area (Å²) < 4.78 is 0. The van der Waals surface area contributed by atoms with Crippen molar-refractivity contribution in [3.05, 3.63) is 34.3 Å². The number of rotatable bonds is 4. The molecule has 1 atom stereocenters. The van der Waals surface area contributed by atoms with Crippen LogP contribution in [0.3, 0.4) is 0 Å². The molecule has 0 saturated carbocycles. The molecule has 0 aliphatic rings. The van der Waals surface area contributed by atoms with E-state index in [2.05, 4.69) is 0 Å². The predicted molar refractivity (Wildman–Crippen MR) is 63.2 cm³/mol. The number of carbonyl (C=O) groups excluding carboxylic acids is 1. The number of aryl methyl sites for hydroxylation is 1. The van der Waals surface area contributed by atoms with Crippen LogP contribution in [0.5, 0.6) is 0 Å². The number of halogens is 1. The molecule has 0 aliphatic carbocycles. The molecule has 82 valence electrons. The van der Waals surface area contributed by atoms with E-state index in [0.717, 1.165) is 11.1 Å². The van der Waals surface area contributed by atoms with Gasteiger partial charge in [-0.25, -0.2) is 0 Å². The van der Waals surface area contributed by atoms with Gasteiger partial charge in [-0.3, -0.25) is 4.79 Å². The van der Waals surface area contributed by atoms with Gasteiger partial charge in [-0.15, -0.1) is 0 Å². The first-order valence-corrected chi connectivity index (χ1v) is 5.39. The Balaban J connectivity index is 2.68. The summed E-state index contributed by atoms with van der Waals surface area (Å²) in [6.07, 6.45) is 0.783. The van der Waals surface area contributed by atoms with Gasteiger partial charge in [-0.05, 0) is 31.0 Å². The lowest BCUT2D eigenvalue weighted by Gasteiger charge is -2.06. The van der Waals surface area contributed by atoms with Crippen LogP contribution < -0.4 is 5.73 Å². The SMILES string of the molecule is Cc1ccc(CC(=O)CC(C)N)c(Cl)c1. The average molecular weight is 226 g/mol. The van der Waals surface area contributed by atoms with Crippen molar-refractivity contribution in [3.8, 4) is 0 Å². The van der Waals surface area contributed by atoms with E-state index in [1.165, 1.54) is 0 Å². The van der Waals surface area contributed by atoms with Gasteiger partial charge in [0, 0.05) is 23.9 Å². The molecule has 1 unspecified atom stereocenters. The normalized spacial score (nSPS) is 12.5. The Morgan fingerprint density at radius 3 is 2.73 bits per heavy atom. The first-order chi connectivity index (χ1) is 6.99. The van der Waals surface area contributed by atoms with Gasteiger partial charge in [0.05, 0.1) is 0 Å². The highest BCUT2D eigenvalue weighted by Crippen LogP contribution is 2.18. The maximum absolute atomic E-state index is 11.5. The van der Waals surface area contributed by atoms with Gasteiger partial charge in [0.25, 0.3) is 0 Å². The molecule has 0 spiro atoms. The van der Waals surface area contributed by atoms with Gasteiger partial charge in [0.2, 0.25) is 0 Å². The zero-order valence-electron chi connectivity index (χ0n) is 9.09. The monoisotopic (exact) mass is 225 g/mol. The minimum Gasteiger partial charge on any atom is -0.328 e. The fourth-order valence-electron chi connectivity index (χ4n) is 1.44. The first kappa shape index (κ1) is 12.2. The second-order valence-electron chi connectivity index (χ2n) is 3.99. The minimum absolute atomic E-state index is 0.0817. The van der Waals surface area contributed by atoms with Crippen LogP contribution in [0, 0.1) is 6.92 Å². The molecule has 15 heavy (non-hydrogen) atoms. The highest BCUT2D eigenvalue weighted by atomic mass is 35.5. The van der Waals surface area contributed by atoms with E-state index in [1.807, 2.05) is 32.0 Å². The third kappa shape index (κ3) is 4.02. The number of hydrogen-bond donors (Lipinski definition) is 1. The molecular weight excluding hydrogens is 210 g/mol. The molecular formula is C12H16ClNO. The summed E-state index contributed by atoms with van der Waals surface area (Å²) in [5, 5.41) is 0.660. The summed E-state index contributed by atoms with van der Waals surface area (Å²) in [6, 6.07) is 5.65. The van der Waals surface area contributed by atoms with Crippen molar-refractivity contribution in [2.24, 2.45) is 5.73 Å². The van der Waals surface area contributed by atoms with E-state index in [-0.39, 0.29) is 11.8 Å². The fraction of sp³-hybridized carbons (Fsp3) is 0.417. The van der Waals surface area contributed by atoms with Gasteiger partial charge >= 0.3 is 0 Å². The van der Waals surface area contributed by atoms with Crippen molar-refractivity contribution in [1.82, 2.24) is 0 Å². The van der Waals surface area contributed by atoms with Crippen molar-refractivity contribution >= 4 is 17.4 Å². The van der Waals surface area contributed by atoms with E-state index < -0.39 is 0 Å². The van der Waals surface area contributed by atoms with Gasteiger partial charge in [-0.2, -0.15) is 0 Å². The summed E-state index contributed by atoms with van der Waals surface area (Å²) in [5.41, 5.74) is 7.54. The lowest BCUT2D eigenvalue weighted by Crippen LogP contribution is -2.20. The number of benzene rings is 1. The first-order valence-electron chi connectivity index (χ1n) is 5.01. The molecule has 0 aliphatic heterocycles. The third-order valence-electron chi connectivity index (χ3n) is 2.15. The van der Waals surface area contributed by atoms with Crippen molar-refractivity contribution in [1.29, 1.82) is 0 Å². The highest BCUT2D eigenvalue weighted by molar-refractivity contribution is 6.31. The standard InChI is InChI=1S/C12H16ClNO/c1-8-3-4-10(12(13)5-8)7-11(15)6-9(2)14/h3-5,9H,6-7,14H2,1-2H3. The molecule has 2 N–H and O–H groups in total. The number of hydrogen-bond acceptors (Lipinski definition) is 2. The Kier molecular flexibility index (Phi) is 4.30. The van der Waals surface area contributed by atoms with E-state index in [0.29, 0.717) is 17.9 Å². The molecule has 0 heterocycles. The van der Waals surface area contributed by atoms with Crippen molar-refractivity contribution in [2.75, 3.05) is 0 Å².